The molecule has 136 valence electrons. The second-order valence-corrected chi connectivity index (χ2v) is 6.12. The smallest absolute Gasteiger partial charge is 0.200 e. The van der Waals surface area contributed by atoms with E-state index in [0.717, 1.165) is 6.42 Å². The van der Waals surface area contributed by atoms with E-state index in [1.165, 1.54) is 29.8 Å². The van der Waals surface area contributed by atoms with Gasteiger partial charge >= 0.3 is 0 Å². The topological polar surface area (TPSA) is 43.4 Å². The summed E-state index contributed by atoms with van der Waals surface area (Å²) in [6.45, 7) is 1.99. The van der Waals surface area contributed by atoms with Gasteiger partial charge in [0.1, 0.15) is 11.6 Å². The Morgan fingerprint density at radius 3 is 1.85 bits per heavy atom. The third-order valence-electron chi connectivity index (χ3n) is 4.28. The minimum Gasteiger partial charge on any atom is -0.485 e. The van der Waals surface area contributed by atoms with E-state index in [9.17, 15) is 14.0 Å². The first-order valence-corrected chi connectivity index (χ1v) is 8.72. The Labute approximate surface area is 157 Å². The van der Waals surface area contributed by atoms with Crippen LogP contribution in [0, 0.1) is 5.82 Å². The molecule has 0 saturated carbocycles. The van der Waals surface area contributed by atoms with Crippen molar-refractivity contribution in [3.05, 3.63) is 101 Å². The first-order valence-electron chi connectivity index (χ1n) is 8.72. The molecule has 4 heteroatoms. The molecule has 0 amide bonds. The third-order valence-corrected chi connectivity index (χ3v) is 4.28. The van der Waals surface area contributed by atoms with Crippen molar-refractivity contribution in [2.45, 2.75) is 13.3 Å². The number of rotatable bonds is 7. The summed E-state index contributed by atoms with van der Waals surface area (Å²) in [5, 5.41) is 0. The molecular weight excluding hydrogens is 343 g/mol. The number of Topliss-reactive ketones (excluding diaryl/α,β-unsaturated/α-hetero) is 1. The van der Waals surface area contributed by atoms with Gasteiger partial charge in [-0.15, -0.1) is 0 Å². The molecule has 0 aliphatic rings. The van der Waals surface area contributed by atoms with Gasteiger partial charge in [-0.1, -0.05) is 31.2 Å². The van der Waals surface area contributed by atoms with E-state index in [-0.39, 0.29) is 24.0 Å². The van der Waals surface area contributed by atoms with Crippen molar-refractivity contribution in [3.8, 4) is 5.75 Å². The summed E-state index contributed by atoms with van der Waals surface area (Å²) in [6, 6.07) is 19.4. The Morgan fingerprint density at radius 1 is 0.778 bits per heavy atom. The number of ether oxygens (including phenoxy) is 1. The monoisotopic (exact) mass is 362 g/mol. The molecule has 3 nitrogen and oxygen atoms in total. The molecule has 0 bridgehead atoms. The molecule has 0 spiro atoms. The fraction of sp³-hybridized carbons (Fsp3) is 0.130. The molecule has 0 aliphatic heterocycles. The SMILES string of the molecule is CCc1ccc(C(=O)COc2ccc(C(=O)c3ccc(F)cc3)cc2)cc1. The highest BCUT2D eigenvalue weighted by molar-refractivity contribution is 6.09. The minimum atomic E-state index is -0.385. The zero-order valence-corrected chi connectivity index (χ0v) is 14.9. The summed E-state index contributed by atoms with van der Waals surface area (Å²) in [7, 11) is 0. The fourth-order valence-electron chi connectivity index (χ4n) is 2.63. The maximum atomic E-state index is 13.0. The predicted octanol–water partition coefficient (Wildman–Crippen LogP) is 4.88. The molecule has 3 rings (SSSR count). The maximum Gasteiger partial charge on any atom is 0.200 e. The standard InChI is InChI=1S/C23H19FO3/c1-2-16-3-5-17(6-4-16)22(25)15-27-21-13-9-19(10-14-21)23(26)18-7-11-20(24)12-8-18/h3-14H,2,15H2,1H3. The molecule has 0 fully saturated rings. The summed E-state index contributed by atoms with van der Waals surface area (Å²) in [5.41, 5.74) is 2.66. The Bertz CT molecular complexity index is 927. The number of carbonyl (C=O) groups excluding carboxylic acids is 2. The van der Waals surface area contributed by atoms with Crippen LogP contribution in [0.1, 0.15) is 38.8 Å². The molecule has 3 aromatic rings. The van der Waals surface area contributed by atoms with Crippen LogP contribution in [0.3, 0.4) is 0 Å². The number of hydrogen-bond acceptors (Lipinski definition) is 3. The number of benzene rings is 3. The highest BCUT2D eigenvalue weighted by atomic mass is 19.1. The molecule has 0 unspecified atom stereocenters. The van der Waals surface area contributed by atoms with Crippen LogP contribution in [0.2, 0.25) is 0 Å². The van der Waals surface area contributed by atoms with E-state index in [1.807, 2.05) is 12.1 Å². The largest absolute Gasteiger partial charge is 0.485 e. The first-order chi connectivity index (χ1) is 13.1. The fourth-order valence-corrected chi connectivity index (χ4v) is 2.63. The molecule has 27 heavy (non-hydrogen) atoms. The number of ketones is 2. The minimum absolute atomic E-state index is 0.0727. The molecule has 0 N–H and O–H groups in total. The molecule has 0 heterocycles. The molecular formula is C23H19FO3. The van der Waals surface area contributed by atoms with E-state index in [4.69, 9.17) is 4.74 Å². The number of carbonyl (C=O) groups is 2. The van der Waals surface area contributed by atoms with Gasteiger partial charge < -0.3 is 4.74 Å². The normalized spacial score (nSPS) is 10.4. The maximum absolute atomic E-state index is 13.0. The summed E-state index contributed by atoms with van der Waals surface area (Å²) >= 11 is 0. The van der Waals surface area contributed by atoms with E-state index in [2.05, 4.69) is 6.92 Å². The van der Waals surface area contributed by atoms with Crippen molar-refractivity contribution in [2.75, 3.05) is 6.61 Å². The van der Waals surface area contributed by atoms with Crippen molar-refractivity contribution in [3.63, 3.8) is 0 Å². The Hall–Kier alpha value is -3.27. The van der Waals surface area contributed by atoms with Crippen molar-refractivity contribution >= 4 is 11.6 Å². The molecule has 0 atom stereocenters. The zero-order valence-electron chi connectivity index (χ0n) is 14.9. The number of halogens is 1. The molecule has 0 aromatic heterocycles. The summed E-state index contributed by atoms with van der Waals surface area (Å²) in [6.07, 6.45) is 0.925. The first kappa shape index (κ1) is 18.5. The Kier molecular flexibility index (Phi) is 5.77. The molecule has 0 saturated heterocycles. The van der Waals surface area contributed by atoms with Gasteiger partial charge in [0.05, 0.1) is 0 Å². The second kappa shape index (κ2) is 8.41. The molecule has 0 aliphatic carbocycles. The number of hydrogen-bond donors (Lipinski definition) is 0. The second-order valence-electron chi connectivity index (χ2n) is 6.12. The van der Waals surface area contributed by atoms with Gasteiger partial charge in [-0.25, -0.2) is 4.39 Å². The lowest BCUT2D eigenvalue weighted by Crippen LogP contribution is -2.11. The highest BCUT2D eigenvalue weighted by Crippen LogP contribution is 2.16. The van der Waals surface area contributed by atoms with Gasteiger partial charge in [-0.05, 0) is 60.5 Å². The number of aryl methyl sites for hydroxylation is 1. The Morgan fingerprint density at radius 2 is 1.30 bits per heavy atom. The van der Waals surface area contributed by atoms with Crippen molar-refractivity contribution in [1.82, 2.24) is 0 Å². The summed E-state index contributed by atoms with van der Waals surface area (Å²) in [5.74, 6) is -0.189. The van der Waals surface area contributed by atoms with Gasteiger partial charge in [0.25, 0.3) is 0 Å². The predicted molar refractivity (Wildman–Crippen MR) is 102 cm³/mol. The van der Waals surface area contributed by atoms with Crippen LogP contribution in [-0.2, 0) is 6.42 Å². The summed E-state index contributed by atoms with van der Waals surface area (Å²) < 4.78 is 18.5. The third kappa shape index (κ3) is 4.67. The van der Waals surface area contributed by atoms with Crippen LogP contribution < -0.4 is 4.74 Å². The lowest BCUT2D eigenvalue weighted by molar-refractivity contribution is 0.0920. The molecule has 0 radical (unpaired) electrons. The van der Waals surface area contributed by atoms with Crippen LogP contribution in [0.15, 0.2) is 72.8 Å². The van der Waals surface area contributed by atoms with Crippen LogP contribution in [0.5, 0.6) is 5.75 Å². The van der Waals surface area contributed by atoms with Gasteiger partial charge in [-0.2, -0.15) is 0 Å². The van der Waals surface area contributed by atoms with E-state index < -0.39 is 0 Å². The zero-order chi connectivity index (χ0) is 19.2. The van der Waals surface area contributed by atoms with Crippen molar-refractivity contribution in [2.24, 2.45) is 0 Å². The van der Waals surface area contributed by atoms with Crippen molar-refractivity contribution < 1.29 is 18.7 Å². The lowest BCUT2D eigenvalue weighted by atomic mass is 10.0. The average molecular weight is 362 g/mol. The molecule has 3 aromatic carbocycles. The van der Waals surface area contributed by atoms with Crippen LogP contribution in [0.4, 0.5) is 4.39 Å². The lowest BCUT2D eigenvalue weighted by Gasteiger charge is -2.07. The van der Waals surface area contributed by atoms with Gasteiger partial charge in [0.2, 0.25) is 0 Å². The van der Waals surface area contributed by atoms with Crippen molar-refractivity contribution in [1.29, 1.82) is 0 Å². The van der Waals surface area contributed by atoms with Crippen LogP contribution in [-0.4, -0.2) is 18.2 Å². The Balaban J connectivity index is 1.60. The quantitative estimate of drug-likeness (QED) is 0.563. The van der Waals surface area contributed by atoms with Gasteiger partial charge in [0, 0.05) is 16.7 Å². The van der Waals surface area contributed by atoms with Crippen LogP contribution in [0.25, 0.3) is 0 Å². The van der Waals surface area contributed by atoms with E-state index in [1.54, 1.807) is 36.4 Å². The van der Waals surface area contributed by atoms with E-state index in [0.29, 0.717) is 22.4 Å². The van der Waals surface area contributed by atoms with Gasteiger partial charge in [0.15, 0.2) is 18.2 Å². The van der Waals surface area contributed by atoms with E-state index >= 15 is 0 Å². The van der Waals surface area contributed by atoms with Crippen LogP contribution >= 0.6 is 0 Å². The summed E-state index contributed by atoms with van der Waals surface area (Å²) in [4.78, 5) is 24.6. The average Bonchev–Trinajstić information content (AvgIpc) is 2.72. The highest BCUT2D eigenvalue weighted by Gasteiger charge is 2.10. The van der Waals surface area contributed by atoms with Gasteiger partial charge in [-0.3, -0.25) is 9.59 Å².